The fourth-order valence-corrected chi connectivity index (χ4v) is 2.98. The topological polar surface area (TPSA) is 24.9 Å². The summed E-state index contributed by atoms with van der Waals surface area (Å²) in [4.78, 5) is 6.01. The number of nitrogens with one attached hydrogen (secondary N) is 1. The van der Waals surface area contributed by atoms with Crippen LogP contribution >= 0.6 is 22.9 Å². The SMILES string of the molecule is Cc1sc(CCNC(C)C)nc1-c1ccc(Cl)cc1. The normalized spacial score (nSPS) is 11.2. The maximum absolute atomic E-state index is 5.92. The lowest BCUT2D eigenvalue weighted by atomic mass is 10.1. The Morgan fingerprint density at radius 1 is 1.26 bits per heavy atom. The molecule has 1 aromatic carbocycles. The van der Waals surface area contributed by atoms with E-state index in [1.54, 1.807) is 11.3 Å². The Morgan fingerprint density at radius 2 is 1.95 bits per heavy atom. The molecule has 0 bridgehead atoms. The molecule has 1 aromatic heterocycles. The molecule has 2 nitrogen and oxygen atoms in total. The summed E-state index contributed by atoms with van der Waals surface area (Å²) >= 11 is 7.70. The average molecular weight is 295 g/mol. The molecule has 0 aliphatic carbocycles. The summed E-state index contributed by atoms with van der Waals surface area (Å²) in [5.74, 6) is 0. The van der Waals surface area contributed by atoms with Crippen LogP contribution in [0.2, 0.25) is 5.02 Å². The highest BCUT2D eigenvalue weighted by Gasteiger charge is 2.09. The number of nitrogens with zero attached hydrogens (tertiary/aromatic N) is 1. The molecular weight excluding hydrogens is 276 g/mol. The highest BCUT2D eigenvalue weighted by Crippen LogP contribution is 2.28. The fraction of sp³-hybridized carbons (Fsp3) is 0.400. The molecule has 102 valence electrons. The number of hydrogen-bond donors (Lipinski definition) is 1. The number of aryl methyl sites for hydroxylation is 1. The van der Waals surface area contributed by atoms with Crippen LogP contribution in [0.5, 0.6) is 0 Å². The summed E-state index contributed by atoms with van der Waals surface area (Å²) in [5.41, 5.74) is 2.22. The predicted octanol–water partition coefficient (Wildman–Crippen LogP) is 4.31. The van der Waals surface area contributed by atoms with Gasteiger partial charge in [0.05, 0.1) is 10.7 Å². The number of thiazole rings is 1. The minimum Gasteiger partial charge on any atom is -0.314 e. The minimum atomic E-state index is 0.525. The van der Waals surface area contributed by atoms with Crippen LogP contribution in [0.15, 0.2) is 24.3 Å². The second kappa shape index (κ2) is 6.51. The van der Waals surface area contributed by atoms with Gasteiger partial charge in [-0.25, -0.2) is 4.98 Å². The van der Waals surface area contributed by atoms with Crippen LogP contribution in [0.3, 0.4) is 0 Å². The molecule has 0 spiro atoms. The molecule has 0 atom stereocenters. The Bertz CT molecular complexity index is 532. The lowest BCUT2D eigenvalue weighted by molar-refractivity contribution is 0.590. The largest absolute Gasteiger partial charge is 0.314 e. The van der Waals surface area contributed by atoms with Crippen LogP contribution in [0.1, 0.15) is 23.7 Å². The van der Waals surface area contributed by atoms with Gasteiger partial charge in [0.1, 0.15) is 0 Å². The van der Waals surface area contributed by atoms with E-state index in [0.717, 1.165) is 29.2 Å². The smallest absolute Gasteiger partial charge is 0.0948 e. The number of halogens is 1. The van der Waals surface area contributed by atoms with Gasteiger partial charge >= 0.3 is 0 Å². The Kier molecular flexibility index (Phi) is 4.97. The van der Waals surface area contributed by atoms with E-state index in [1.165, 1.54) is 9.88 Å². The zero-order chi connectivity index (χ0) is 13.8. The first-order valence-corrected chi connectivity index (χ1v) is 7.71. The second-order valence-electron chi connectivity index (χ2n) is 4.88. The van der Waals surface area contributed by atoms with Crippen molar-refractivity contribution in [3.05, 3.63) is 39.2 Å². The molecule has 19 heavy (non-hydrogen) atoms. The first kappa shape index (κ1) is 14.5. The first-order chi connectivity index (χ1) is 9.06. The van der Waals surface area contributed by atoms with Crippen LogP contribution in [-0.4, -0.2) is 17.6 Å². The second-order valence-corrected chi connectivity index (χ2v) is 6.60. The van der Waals surface area contributed by atoms with Gasteiger partial charge in [-0.3, -0.25) is 0 Å². The van der Waals surface area contributed by atoms with E-state index in [2.05, 4.69) is 26.1 Å². The number of aromatic nitrogens is 1. The standard InChI is InChI=1S/C15H19ClN2S/c1-10(2)17-9-8-14-18-15(11(3)19-14)12-4-6-13(16)7-5-12/h4-7,10,17H,8-9H2,1-3H3. The average Bonchev–Trinajstić information content (AvgIpc) is 2.71. The quantitative estimate of drug-likeness (QED) is 0.889. The number of benzene rings is 1. The van der Waals surface area contributed by atoms with Crippen molar-refractivity contribution in [1.82, 2.24) is 10.3 Å². The van der Waals surface area contributed by atoms with Crippen molar-refractivity contribution in [1.29, 1.82) is 0 Å². The van der Waals surface area contributed by atoms with Gasteiger partial charge in [-0.2, -0.15) is 0 Å². The molecule has 0 fully saturated rings. The Morgan fingerprint density at radius 3 is 2.58 bits per heavy atom. The molecule has 0 amide bonds. The zero-order valence-corrected chi connectivity index (χ0v) is 13.1. The lowest BCUT2D eigenvalue weighted by Crippen LogP contribution is -2.24. The molecule has 0 aliphatic rings. The Hall–Kier alpha value is -0.900. The summed E-state index contributed by atoms with van der Waals surface area (Å²) in [6, 6.07) is 8.41. The Balaban J connectivity index is 2.10. The predicted molar refractivity (Wildman–Crippen MR) is 84.1 cm³/mol. The van der Waals surface area contributed by atoms with Crippen molar-refractivity contribution in [2.24, 2.45) is 0 Å². The van der Waals surface area contributed by atoms with Gasteiger partial charge in [0, 0.05) is 34.5 Å². The summed E-state index contributed by atoms with van der Waals surface area (Å²) in [5, 5.41) is 5.37. The highest BCUT2D eigenvalue weighted by atomic mass is 35.5. The molecule has 2 rings (SSSR count). The molecule has 0 radical (unpaired) electrons. The molecule has 1 N–H and O–H groups in total. The van der Waals surface area contributed by atoms with Gasteiger partial charge in [0.2, 0.25) is 0 Å². The van der Waals surface area contributed by atoms with Gasteiger partial charge < -0.3 is 5.32 Å². The van der Waals surface area contributed by atoms with Gasteiger partial charge in [-0.1, -0.05) is 37.6 Å². The summed E-state index contributed by atoms with van der Waals surface area (Å²) in [6.07, 6.45) is 0.983. The molecule has 2 aromatic rings. The van der Waals surface area contributed by atoms with E-state index >= 15 is 0 Å². The van der Waals surface area contributed by atoms with Gasteiger partial charge in [0.25, 0.3) is 0 Å². The number of hydrogen-bond acceptors (Lipinski definition) is 3. The van der Waals surface area contributed by atoms with Crippen LogP contribution < -0.4 is 5.32 Å². The lowest BCUT2D eigenvalue weighted by Gasteiger charge is -2.05. The van der Waals surface area contributed by atoms with Crippen LogP contribution in [0.4, 0.5) is 0 Å². The monoisotopic (exact) mass is 294 g/mol. The first-order valence-electron chi connectivity index (χ1n) is 6.52. The minimum absolute atomic E-state index is 0.525. The van der Waals surface area contributed by atoms with Crippen molar-refractivity contribution in [3.8, 4) is 11.3 Å². The van der Waals surface area contributed by atoms with Gasteiger partial charge in [-0.05, 0) is 19.1 Å². The van der Waals surface area contributed by atoms with Crippen LogP contribution in [0, 0.1) is 6.92 Å². The Labute approximate surface area is 123 Å². The van der Waals surface area contributed by atoms with Crippen LogP contribution in [-0.2, 0) is 6.42 Å². The van der Waals surface area contributed by atoms with E-state index in [-0.39, 0.29) is 0 Å². The zero-order valence-electron chi connectivity index (χ0n) is 11.5. The van der Waals surface area contributed by atoms with E-state index in [9.17, 15) is 0 Å². The molecule has 4 heteroatoms. The molecule has 0 saturated heterocycles. The third kappa shape index (κ3) is 4.03. The molecule has 0 saturated carbocycles. The number of rotatable bonds is 5. The maximum atomic E-state index is 5.92. The van der Waals surface area contributed by atoms with Crippen molar-refractivity contribution in [2.75, 3.05) is 6.54 Å². The molecule has 1 heterocycles. The summed E-state index contributed by atoms with van der Waals surface area (Å²) in [6.45, 7) is 7.42. The highest BCUT2D eigenvalue weighted by molar-refractivity contribution is 7.12. The van der Waals surface area contributed by atoms with E-state index in [1.807, 2.05) is 24.3 Å². The van der Waals surface area contributed by atoms with E-state index < -0.39 is 0 Å². The van der Waals surface area contributed by atoms with Gasteiger partial charge in [0.15, 0.2) is 0 Å². The summed E-state index contributed by atoms with van der Waals surface area (Å²) in [7, 11) is 0. The van der Waals surface area contributed by atoms with Crippen molar-refractivity contribution >= 4 is 22.9 Å². The third-order valence-corrected chi connectivity index (χ3v) is 4.13. The van der Waals surface area contributed by atoms with Crippen molar-refractivity contribution in [3.63, 3.8) is 0 Å². The molecule has 0 unspecified atom stereocenters. The molecule has 0 aliphatic heterocycles. The summed E-state index contributed by atoms with van der Waals surface area (Å²) < 4.78 is 0. The van der Waals surface area contributed by atoms with Gasteiger partial charge in [-0.15, -0.1) is 11.3 Å². The van der Waals surface area contributed by atoms with E-state index in [4.69, 9.17) is 16.6 Å². The van der Waals surface area contributed by atoms with Crippen LogP contribution in [0.25, 0.3) is 11.3 Å². The fourth-order valence-electron chi connectivity index (χ4n) is 1.90. The molecular formula is C15H19ClN2S. The maximum Gasteiger partial charge on any atom is 0.0948 e. The van der Waals surface area contributed by atoms with Crippen molar-refractivity contribution in [2.45, 2.75) is 33.2 Å². The van der Waals surface area contributed by atoms with E-state index in [0.29, 0.717) is 6.04 Å². The third-order valence-electron chi connectivity index (χ3n) is 2.85. The van der Waals surface area contributed by atoms with Crippen molar-refractivity contribution < 1.29 is 0 Å².